The normalized spacial score (nSPS) is 12.8. The quantitative estimate of drug-likeness (QED) is 0.590. The highest BCUT2D eigenvalue weighted by molar-refractivity contribution is 5.87. The van der Waals surface area contributed by atoms with E-state index >= 15 is 0 Å². The van der Waals surface area contributed by atoms with Crippen LogP contribution in [0.15, 0.2) is 12.7 Å². The van der Waals surface area contributed by atoms with E-state index in [-0.39, 0.29) is 11.9 Å². The third-order valence-electron chi connectivity index (χ3n) is 1.56. The molecule has 0 bridgehead atoms. The Balaban J connectivity index is 3.67. The first-order chi connectivity index (χ1) is 4.57. The summed E-state index contributed by atoms with van der Waals surface area (Å²) in [6.07, 6.45) is 1.29. The van der Waals surface area contributed by atoms with E-state index in [0.29, 0.717) is 5.92 Å². The minimum absolute atomic E-state index is 0.0961. The highest BCUT2D eigenvalue weighted by Crippen LogP contribution is 1.98. The SMILES string of the molecule is C=CC(=O)N[C@H](C)C(C)C. The Morgan fingerprint density at radius 3 is 2.30 bits per heavy atom. The zero-order chi connectivity index (χ0) is 8.15. The summed E-state index contributed by atoms with van der Waals surface area (Å²) in [5.41, 5.74) is 0. The third-order valence-corrected chi connectivity index (χ3v) is 1.56. The number of hydrogen-bond acceptors (Lipinski definition) is 1. The summed E-state index contributed by atoms with van der Waals surface area (Å²) in [5, 5.41) is 2.77. The molecule has 1 N–H and O–H groups in total. The molecule has 0 aliphatic rings. The van der Waals surface area contributed by atoms with Crippen molar-refractivity contribution in [1.82, 2.24) is 5.32 Å². The monoisotopic (exact) mass is 141 g/mol. The van der Waals surface area contributed by atoms with Crippen molar-refractivity contribution < 1.29 is 4.79 Å². The largest absolute Gasteiger partial charge is 0.350 e. The van der Waals surface area contributed by atoms with E-state index in [0.717, 1.165) is 0 Å². The second-order valence-electron chi connectivity index (χ2n) is 2.75. The first kappa shape index (κ1) is 9.21. The highest BCUT2D eigenvalue weighted by atomic mass is 16.1. The summed E-state index contributed by atoms with van der Waals surface area (Å²) >= 11 is 0. The minimum Gasteiger partial charge on any atom is -0.350 e. The van der Waals surface area contributed by atoms with E-state index in [1.807, 2.05) is 6.92 Å². The summed E-state index contributed by atoms with van der Waals surface area (Å²) < 4.78 is 0. The Hall–Kier alpha value is -0.790. The van der Waals surface area contributed by atoms with Crippen LogP contribution in [0.3, 0.4) is 0 Å². The van der Waals surface area contributed by atoms with E-state index in [2.05, 4.69) is 25.7 Å². The third kappa shape index (κ3) is 3.28. The van der Waals surface area contributed by atoms with Crippen molar-refractivity contribution in [2.24, 2.45) is 5.92 Å². The molecule has 1 atom stereocenters. The molecular weight excluding hydrogens is 126 g/mol. The molecule has 0 fully saturated rings. The van der Waals surface area contributed by atoms with Gasteiger partial charge in [0.2, 0.25) is 5.91 Å². The van der Waals surface area contributed by atoms with Crippen LogP contribution in [0.5, 0.6) is 0 Å². The molecule has 0 spiro atoms. The van der Waals surface area contributed by atoms with Gasteiger partial charge in [0.1, 0.15) is 0 Å². The molecule has 0 rings (SSSR count). The average Bonchev–Trinajstić information content (AvgIpc) is 1.87. The van der Waals surface area contributed by atoms with Crippen molar-refractivity contribution in [1.29, 1.82) is 0 Å². The van der Waals surface area contributed by atoms with Crippen LogP contribution in [0.25, 0.3) is 0 Å². The van der Waals surface area contributed by atoms with Gasteiger partial charge in [0, 0.05) is 6.04 Å². The maximum absolute atomic E-state index is 10.7. The second-order valence-corrected chi connectivity index (χ2v) is 2.75. The number of carbonyl (C=O) groups is 1. The Labute approximate surface area is 62.3 Å². The van der Waals surface area contributed by atoms with Gasteiger partial charge in [0.05, 0.1) is 0 Å². The van der Waals surface area contributed by atoms with E-state index in [9.17, 15) is 4.79 Å². The lowest BCUT2D eigenvalue weighted by molar-refractivity contribution is -0.117. The topological polar surface area (TPSA) is 29.1 Å². The first-order valence-corrected chi connectivity index (χ1v) is 3.51. The minimum atomic E-state index is -0.0961. The molecule has 0 radical (unpaired) electrons. The summed E-state index contributed by atoms with van der Waals surface area (Å²) in [6.45, 7) is 9.47. The lowest BCUT2D eigenvalue weighted by Crippen LogP contribution is -2.34. The van der Waals surface area contributed by atoms with Crippen molar-refractivity contribution in [2.75, 3.05) is 0 Å². The summed E-state index contributed by atoms with van der Waals surface area (Å²) in [4.78, 5) is 10.7. The molecule has 0 saturated heterocycles. The Morgan fingerprint density at radius 2 is 2.00 bits per heavy atom. The predicted molar refractivity (Wildman–Crippen MR) is 42.6 cm³/mol. The van der Waals surface area contributed by atoms with Gasteiger partial charge in [-0.15, -0.1) is 0 Å². The van der Waals surface area contributed by atoms with Crippen LogP contribution in [0, 0.1) is 5.92 Å². The fourth-order valence-electron chi connectivity index (χ4n) is 0.450. The molecule has 0 heterocycles. The average molecular weight is 141 g/mol. The van der Waals surface area contributed by atoms with Gasteiger partial charge in [-0.25, -0.2) is 0 Å². The Bertz CT molecular complexity index is 129. The summed E-state index contributed by atoms with van der Waals surface area (Å²) in [5.74, 6) is 0.380. The van der Waals surface area contributed by atoms with Crippen LogP contribution in [0.1, 0.15) is 20.8 Å². The number of rotatable bonds is 3. The number of nitrogens with one attached hydrogen (secondary N) is 1. The van der Waals surface area contributed by atoms with Gasteiger partial charge in [-0.05, 0) is 18.9 Å². The zero-order valence-corrected chi connectivity index (χ0v) is 6.85. The first-order valence-electron chi connectivity index (χ1n) is 3.51. The standard InChI is InChI=1S/C8H15NO/c1-5-8(10)9-7(4)6(2)3/h5-7H,1H2,2-4H3,(H,9,10)/t7-/m1/s1. The van der Waals surface area contributed by atoms with Gasteiger partial charge in [0.25, 0.3) is 0 Å². The molecule has 0 unspecified atom stereocenters. The van der Waals surface area contributed by atoms with Crippen molar-refractivity contribution in [3.05, 3.63) is 12.7 Å². The predicted octanol–water partition coefficient (Wildman–Crippen LogP) is 1.33. The Kier molecular flexibility index (Phi) is 3.77. The number of amides is 1. The molecule has 0 aromatic rings. The molecule has 10 heavy (non-hydrogen) atoms. The van der Waals surface area contributed by atoms with E-state index in [4.69, 9.17) is 0 Å². The molecule has 0 saturated carbocycles. The van der Waals surface area contributed by atoms with Crippen molar-refractivity contribution in [2.45, 2.75) is 26.8 Å². The second kappa shape index (κ2) is 4.09. The van der Waals surface area contributed by atoms with Crippen LogP contribution < -0.4 is 5.32 Å². The van der Waals surface area contributed by atoms with Crippen LogP contribution in [-0.2, 0) is 4.79 Å². The van der Waals surface area contributed by atoms with Gasteiger partial charge in [-0.3, -0.25) is 4.79 Å². The maximum atomic E-state index is 10.7. The van der Waals surface area contributed by atoms with E-state index in [1.54, 1.807) is 0 Å². The molecule has 0 aliphatic heterocycles. The smallest absolute Gasteiger partial charge is 0.243 e. The van der Waals surface area contributed by atoms with Crippen molar-refractivity contribution >= 4 is 5.91 Å². The van der Waals surface area contributed by atoms with Gasteiger partial charge in [0.15, 0.2) is 0 Å². The van der Waals surface area contributed by atoms with Crippen LogP contribution in [0.2, 0.25) is 0 Å². The van der Waals surface area contributed by atoms with Gasteiger partial charge in [-0.1, -0.05) is 20.4 Å². The van der Waals surface area contributed by atoms with Gasteiger partial charge < -0.3 is 5.32 Å². The van der Waals surface area contributed by atoms with Crippen LogP contribution in [-0.4, -0.2) is 11.9 Å². The molecule has 0 aromatic heterocycles. The number of carbonyl (C=O) groups excluding carboxylic acids is 1. The molecule has 2 heteroatoms. The summed E-state index contributed by atoms with van der Waals surface area (Å²) in [6, 6.07) is 0.227. The van der Waals surface area contributed by atoms with Crippen LogP contribution >= 0.6 is 0 Å². The van der Waals surface area contributed by atoms with Gasteiger partial charge >= 0.3 is 0 Å². The molecule has 58 valence electrons. The fourth-order valence-corrected chi connectivity index (χ4v) is 0.450. The summed E-state index contributed by atoms with van der Waals surface area (Å²) in [7, 11) is 0. The molecule has 0 aromatic carbocycles. The number of hydrogen-bond donors (Lipinski definition) is 1. The molecule has 1 amide bonds. The van der Waals surface area contributed by atoms with Crippen LogP contribution in [0.4, 0.5) is 0 Å². The molecular formula is C8H15NO. The lowest BCUT2D eigenvalue weighted by Gasteiger charge is -2.15. The fraction of sp³-hybridized carbons (Fsp3) is 0.625. The van der Waals surface area contributed by atoms with Gasteiger partial charge in [-0.2, -0.15) is 0 Å². The maximum Gasteiger partial charge on any atom is 0.243 e. The van der Waals surface area contributed by atoms with E-state index < -0.39 is 0 Å². The Morgan fingerprint density at radius 1 is 1.50 bits per heavy atom. The highest BCUT2D eigenvalue weighted by Gasteiger charge is 2.07. The van der Waals surface area contributed by atoms with Crippen molar-refractivity contribution in [3.63, 3.8) is 0 Å². The molecule has 0 aliphatic carbocycles. The molecule has 2 nitrogen and oxygen atoms in total. The lowest BCUT2D eigenvalue weighted by atomic mass is 10.1. The van der Waals surface area contributed by atoms with E-state index in [1.165, 1.54) is 6.08 Å². The van der Waals surface area contributed by atoms with Crippen molar-refractivity contribution in [3.8, 4) is 0 Å². The zero-order valence-electron chi connectivity index (χ0n) is 6.85.